The summed E-state index contributed by atoms with van der Waals surface area (Å²) < 4.78 is 73.5. The molecule has 0 aliphatic carbocycles. The number of hydrogen-bond donors (Lipinski definition) is 1. The third-order valence-corrected chi connectivity index (χ3v) is 5.31. The summed E-state index contributed by atoms with van der Waals surface area (Å²) in [6.45, 7) is 1.85. The van der Waals surface area contributed by atoms with Gasteiger partial charge in [0, 0.05) is 26.2 Å². The normalized spacial score (nSPS) is 13.9. The van der Waals surface area contributed by atoms with Gasteiger partial charge < -0.3 is 14.5 Å². The first-order valence-electron chi connectivity index (χ1n) is 9.17. The Bertz CT molecular complexity index is 1010. The molecule has 1 aliphatic heterocycles. The van der Waals surface area contributed by atoms with Crippen molar-refractivity contribution in [2.75, 3.05) is 38.2 Å². The number of methoxy groups -OCH3 is 1. The van der Waals surface area contributed by atoms with Crippen LogP contribution in [0.4, 0.5) is 27.6 Å². The minimum Gasteiger partial charge on any atom is -0.496 e. The first-order valence-corrected chi connectivity index (χ1v) is 9.58. The summed E-state index contributed by atoms with van der Waals surface area (Å²) in [4.78, 5) is 15.2. The highest BCUT2D eigenvalue weighted by molar-refractivity contribution is 7.80. The molecule has 0 unspecified atom stereocenters. The van der Waals surface area contributed by atoms with Crippen molar-refractivity contribution in [1.82, 2.24) is 10.2 Å². The number of amides is 1. The maximum atomic E-state index is 14.0. The molecule has 1 N–H and O–H groups in total. The van der Waals surface area contributed by atoms with Gasteiger partial charge in [-0.25, -0.2) is 22.0 Å². The SMILES string of the molecule is COc1c(C)cccc1C(=O)NC(=S)N1CCN(c2c(F)c(F)c(F)c(F)c2F)CC1. The van der Waals surface area contributed by atoms with Crippen LogP contribution in [0.1, 0.15) is 15.9 Å². The van der Waals surface area contributed by atoms with Crippen molar-refractivity contribution in [3.63, 3.8) is 0 Å². The van der Waals surface area contributed by atoms with Gasteiger partial charge in [-0.05, 0) is 30.8 Å². The number of ether oxygens (including phenoxy) is 1. The van der Waals surface area contributed by atoms with Crippen LogP contribution in [0, 0.1) is 36.0 Å². The Labute approximate surface area is 180 Å². The second kappa shape index (κ2) is 9.04. The van der Waals surface area contributed by atoms with E-state index in [0.29, 0.717) is 5.75 Å². The van der Waals surface area contributed by atoms with Crippen molar-refractivity contribution in [2.24, 2.45) is 0 Å². The minimum absolute atomic E-state index is 0.0673. The molecule has 3 rings (SSSR count). The summed E-state index contributed by atoms with van der Waals surface area (Å²) in [5.41, 5.74) is 0.0675. The van der Waals surface area contributed by atoms with Crippen molar-refractivity contribution in [1.29, 1.82) is 0 Å². The molecule has 0 saturated carbocycles. The predicted molar refractivity (Wildman–Crippen MR) is 108 cm³/mol. The fraction of sp³-hybridized carbons (Fsp3) is 0.300. The van der Waals surface area contributed by atoms with E-state index in [9.17, 15) is 26.7 Å². The van der Waals surface area contributed by atoms with E-state index in [-0.39, 0.29) is 36.9 Å². The standard InChI is InChI=1S/C20H18F5N3O2S/c1-10-4-3-5-11(18(10)30-2)19(29)26-20(31)28-8-6-27(7-9-28)17-15(24)13(22)12(21)14(23)16(17)25/h3-5H,6-9H2,1-2H3,(H,26,29,31). The number of para-hydroxylation sites is 1. The monoisotopic (exact) mass is 459 g/mol. The average molecular weight is 459 g/mol. The molecule has 1 fully saturated rings. The van der Waals surface area contributed by atoms with Crippen LogP contribution in [-0.4, -0.2) is 49.2 Å². The number of thiocarbonyl (C=S) groups is 1. The van der Waals surface area contributed by atoms with E-state index in [1.54, 1.807) is 30.0 Å². The molecule has 11 heteroatoms. The van der Waals surface area contributed by atoms with Crippen LogP contribution in [0.5, 0.6) is 5.75 Å². The van der Waals surface area contributed by atoms with Gasteiger partial charge in [0.1, 0.15) is 11.4 Å². The van der Waals surface area contributed by atoms with Crippen LogP contribution in [0.2, 0.25) is 0 Å². The number of carbonyl (C=O) groups excluding carboxylic acids is 1. The number of hydrogen-bond acceptors (Lipinski definition) is 4. The lowest BCUT2D eigenvalue weighted by Gasteiger charge is -2.37. The zero-order chi connectivity index (χ0) is 22.9. The summed E-state index contributed by atoms with van der Waals surface area (Å²) in [5.74, 6) is -10.0. The third kappa shape index (κ3) is 4.27. The highest BCUT2D eigenvalue weighted by Gasteiger charge is 2.31. The van der Waals surface area contributed by atoms with E-state index in [4.69, 9.17) is 17.0 Å². The summed E-state index contributed by atoms with van der Waals surface area (Å²) in [5, 5.41) is 2.65. The van der Waals surface area contributed by atoms with Gasteiger partial charge in [-0.3, -0.25) is 10.1 Å². The number of nitrogens with zero attached hydrogens (tertiary/aromatic N) is 2. The molecule has 2 aromatic rings. The van der Waals surface area contributed by atoms with Crippen LogP contribution >= 0.6 is 12.2 Å². The first-order chi connectivity index (χ1) is 14.7. The van der Waals surface area contributed by atoms with Gasteiger partial charge in [0.25, 0.3) is 5.91 Å². The van der Waals surface area contributed by atoms with Gasteiger partial charge in [-0.15, -0.1) is 0 Å². The Morgan fingerprint density at radius 3 is 2.06 bits per heavy atom. The lowest BCUT2D eigenvalue weighted by molar-refractivity contribution is 0.0970. The molecule has 5 nitrogen and oxygen atoms in total. The van der Waals surface area contributed by atoms with Crippen LogP contribution in [0.15, 0.2) is 18.2 Å². The molecule has 0 bridgehead atoms. The summed E-state index contributed by atoms with van der Waals surface area (Å²) in [7, 11) is 1.44. The average Bonchev–Trinajstić information content (AvgIpc) is 2.76. The Morgan fingerprint density at radius 2 is 1.52 bits per heavy atom. The molecule has 31 heavy (non-hydrogen) atoms. The topological polar surface area (TPSA) is 44.8 Å². The van der Waals surface area contributed by atoms with Crippen molar-refractivity contribution in [3.8, 4) is 5.75 Å². The van der Waals surface area contributed by atoms with Crippen LogP contribution in [0.25, 0.3) is 0 Å². The zero-order valence-electron chi connectivity index (χ0n) is 16.6. The van der Waals surface area contributed by atoms with Crippen LogP contribution in [0.3, 0.4) is 0 Å². The lowest BCUT2D eigenvalue weighted by Crippen LogP contribution is -2.53. The molecule has 1 saturated heterocycles. The van der Waals surface area contributed by atoms with Gasteiger partial charge >= 0.3 is 0 Å². The summed E-state index contributed by atoms with van der Waals surface area (Å²) in [6, 6.07) is 5.05. The molecule has 1 amide bonds. The van der Waals surface area contributed by atoms with Crippen molar-refractivity contribution < 1.29 is 31.5 Å². The van der Waals surface area contributed by atoms with E-state index >= 15 is 0 Å². The molecule has 0 radical (unpaired) electrons. The molecular weight excluding hydrogens is 441 g/mol. The Hall–Kier alpha value is -2.95. The fourth-order valence-corrected chi connectivity index (χ4v) is 3.63. The highest BCUT2D eigenvalue weighted by Crippen LogP contribution is 2.31. The highest BCUT2D eigenvalue weighted by atomic mass is 32.1. The van der Waals surface area contributed by atoms with Gasteiger partial charge in [0.2, 0.25) is 5.82 Å². The van der Waals surface area contributed by atoms with Crippen molar-refractivity contribution in [3.05, 3.63) is 58.4 Å². The van der Waals surface area contributed by atoms with E-state index in [1.807, 2.05) is 0 Å². The van der Waals surface area contributed by atoms with Gasteiger partial charge in [-0.2, -0.15) is 0 Å². The largest absolute Gasteiger partial charge is 0.496 e. The van der Waals surface area contributed by atoms with Crippen molar-refractivity contribution >= 4 is 28.9 Å². The quantitative estimate of drug-likeness (QED) is 0.329. The van der Waals surface area contributed by atoms with Crippen molar-refractivity contribution in [2.45, 2.75) is 6.92 Å². The van der Waals surface area contributed by atoms with Crippen LogP contribution in [-0.2, 0) is 0 Å². The maximum absolute atomic E-state index is 14.0. The number of halogens is 5. The lowest BCUT2D eigenvalue weighted by atomic mass is 10.1. The molecule has 2 aromatic carbocycles. The van der Waals surface area contributed by atoms with Gasteiger partial charge in [0.05, 0.1) is 12.7 Å². The van der Waals surface area contributed by atoms with Gasteiger partial charge in [0.15, 0.2) is 28.4 Å². The molecule has 0 spiro atoms. The van der Waals surface area contributed by atoms with E-state index in [1.165, 1.54) is 7.11 Å². The van der Waals surface area contributed by atoms with E-state index in [2.05, 4.69) is 5.32 Å². The first kappa shape index (κ1) is 22.7. The Morgan fingerprint density at radius 1 is 0.968 bits per heavy atom. The number of aryl methyl sites for hydroxylation is 1. The second-order valence-corrected chi connectivity index (χ2v) is 7.19. The number of piperazine rings is 1. The van der Waals surface area contributed by atoms with E-state index < -0.39 is 40.7 Å². The number of rotatable bonds is 3. The molecule has 1 aliphatic rings. The zero-order valence-corrected chi connectivity index (χ0v) is 17.4. The summed E-state index contributed by atoms with van der Waals surface area (Å²) >= 11 is 5.25. The number of anilines is 1. The number of benzene rings is 2. The number of nitrogens with one attached hydrogen (secondary N) is 1. The molecule has 0 atom stereocenters. The maximum Gasteiger partial charge on any atom is 0.261 e. The van der Waals surface area contributed by atoms with Gasteiger partial charge in [-0.1, -0.05) is 12.1 Å². The minimum atomic E-state index is -2.20. The van der Waals surface area contributed by atoms with E-state index in [0.717, 1.165) is 10.5 Å². The second-order valence-electron chi connectivity index (χ2n) is 6.81. The molecule has 166 valence electrons. The smallest absolute Gasteiger partial charge is 0.261 e. The third-order valence-electron chi connectivity index (χ3n) is 4.95. The molecule has 1 heterocycles. The Balaban J connectivity index is 1.69. The van der Waals surface area contributed by atoms with Crippen LogP contribution < -0.4 is 15.0 Å². The predicted octanol–water partition coefficient (Wildman–Crippen LogP) is 3.54. The fourth-order valence-electron chi connectivity index (χ4n) is 3.35. The molecule has 0 aromatic heterocycles. The molecular formula is C20H18F5N3O2S. The number of carbonyl (C=O) groups is 1. The summed E-state index contributed by atoms with van der Waals surface area (Å²) in [6.07, 6.45) is 0. The Kier molecular flexibility index (Phi) is 6.63.